The van der Waals surface area contributed by atoms with Crippen LogP contribution in [0.5, 0.6) is 0 Å². The van der Waals surface area contributed by atoms with E-state index < -0.39 is 0 Å². The lowest BCUT2D eigenvalue weighted by Gasteiger charge is -2.25. The molecule has 7 heteroatoms. The molecular weight excluding hydrogens is 382 g/mol. The van der Waals surface area contributed by atoms with E-state index in [0.717, 1.165) is 29.8 Å². The lowest BCUT2D eigenvalue weighted by molar-refractivity contribution is 0.0747. The monoisotopic (exact) mass is 401 g/mol. The lowest BCUT2D eigenvalue weighted by Crippen LogP contribution is -2.29. The molecule has 0 fully saturated rings. The van der Waals surface area contributed by atoms with Gasteiger partial charge in [-0.05, 0) is 43.5 Å². The Morgan fingerprint density at radius 1 is 1.33 bits per heavy atom. The quantitative estimate of drug-likeness (QED) is 0.660. The van der Waals surface area contributed by atoms with Gasteiger partial charge in [-0.15, -0.1) is 11.3 Å². The molecule has 0 bridgehead atoms. The number of rotatable bonds is 3. The van der Waals surface area contributed by atoms with Crippen molar-refractivity contribution < 1.29 is 4.79 Å². The van der Waals surface area contributed by atoms with E-state index in [-0.39, 0.29) is 17.5 Å². The smallest absolute Gasteiger partial charge is 0.264 e. The molecule has 3 heterocycles. The van der Waals surface area contributed by atoms with Crippen LogP contribution in [0.25, 0.3) is 10.2 Å². The fourth-order valence-corrected chi connectivity index (χ4v) is 4.88. The van der Waals surface area contributed by atoms with Crippen LogP contribution < -0.4 is 5.56 Å². The van der Waals surface area contributed by atoms with Crippen molar-refractivity contribution in [1.29, 1.82) is 0 Å². The number of carbonyl (C=O) groups excluding carboxylic acids is 1. The number of fused-ring (bicyclic) bond motifs is 2. The van der Waals surface area contributed by atoms with E-state index >= 15 is 0 Å². The molecule has 1 unspecified atom stereocenters. The van der Waals surface area contributed by atoms with E-state index in [2.05, 4.69) is 4.98 Å². The van der Waals surface area contributed by atoms with Crippen molar-refractivity contribution in [3.63, 3.8) is 0 Å². The van der Waals surface area contributed by atoms with Crippen LogP contribution in [0.4, 0.5) is 0 Å². The minimum Gasteiger partial charge on any atom is -0.334 e. The number of nitrogens with zero attached hydrogens (tertiary/aromatic N) is 3. The third-order valence-corrected chi connectivity index (χ3v) is 6.79. The zero-order valence-electron chi connectivity index (χ0n) is 15.5. The van der Waals surface area contributed by atoms with Crippen LogP contribution >= 0.6 is 22.9 Å². The molecule has 140 valence electrons. The first-order valence-corrected chi connectivity index (χ1v) is 10.1. The van der Waals surface area contributed by atoms with Crippen LogP contribution in [-0.4, -0.2) is 27.4 Å². The topological polar surface area (TPSA) is 55.2 Å². The minimum absolute atomic E-state index is 0.0197. The second-order valence-electron chi connectivity index (χ2n) is 6.97. The van der Waals surface area contributed by atoms with Crippen LogP contribution in [0.15, 0.2) is 29.1 Å². The van der Waals surface area contributed by atoms with Crippen LogP contribution in [0.2, 0.25) is 5.02 Å². The number of carbonyl (C=O) groups is 1. The van der Waals surface area contributed by atoms with Gasteiger partial charge in [-0.25, -0.2) is 4.98 Å². The summed E-state index contributed by atoms with van der Waals surface area (Å²) in [6, 6.07) is 7.38. The van der Waals surface area contributed by atoms with Gasteiger partial charge in [0.2, 0.25) is 0 Å². The van der Waals surface area contributed by atoms with Crippen LogP contribution in [0.1, 0.15) is 46.0 Å². The fourth-order valence-electron chi connectivity index (χ4n) is 3.58. The molecule has 1 aliphatic heterocycles. The van der Waals surface area contributed by atoms with Crippen LogP contribution in [0, 0.1) is 6.92 Å². The highest BCUT2D eigenvalue weighted by Gasteiger charge is 2.26. The zero-order valence-corrected chi connectivity index (χ0v) is 17.0. The highest BCUT2D eigenvalue weighted by atomic mass is 35.5. The Kier molecular flexibility index (Phi) is 4.56. The summed E-state index contributed by atoms with van der Waals surface area (Å²) in [6.45, 7) is 4.53. The molecule has 4 rings (SSSR count). The molecular formula is C20H20ClN3O2S. The summed E-state index contributed by atoms with van der Waals surface area (Å²) in [5.41, 5.74) is 1.72. The summed E-state index contributed by atoms with van der Waals surface area (Å²) < 4.78 is 1.75. The number of benzene rings is 1. The Bertz CT molecular complexity index is 1100. The van der Waals surface area contributed by atoms with Crippen molar-refractivity contribution in [3.05, 3.63) is 61.5 Å². The van der Waals surface area contributed by atoms with E-state index in [1.54, 1.807) is 16.5 Å². The van der Waals surface area contributed by atoms with Crippen LogP contribution in [-0.2, 0) is 13.0 Å². The highest BCUT2D eigenvalue weighted by Crippen LogP contribution is 2.31. The average molecular weight is 402 g/mol. The largest absolute Gasteiger partial charge is 0.334 e. The van der Waals surface area contributed by atoms with Gasteiger partial charge >= 0.3 is 0 Å². The summed E-state index contributed by atoms with van der Waals surface area (Å²) in [6.07, 6.45) is 1.77. The molecule has 0 N–H and O–H groups in total. The lowest BCUT2D eigenvalue weighted by atomic mass is 10.1. The average Bonchev–Trinajstić information content (AvgIpc) is 3.26. The van der Waals surface area contributed by atoms with E-state index in [1.807, 2.05) is 38.1 Å². The summed E-state index contributed by atoms with van der Waals surface area (Å²) in [5.74, 6) is 0.734. The first kappa shape index (κ1) is 18.2. The van der Waals surface area contributed by atoms with Gasteiger partial charge in [0.25, 0.3) is 11.5 Å². The Hall–Kier alpha value is -2.18. The van der Waals surface area contributed by atoms with Crippen molar-refractivity contribution in [2.75, 3.05) is 7.05 Å². The maximum atomic E-state index is 13.2. The first-order chi connectivity index (χ1) is 12.9. The Morgan fingerprint density at radius 2 is 2.04 bits per heavy atom. The number of hydrogen-bond acceptors (Lipinski definition) is 4. The van der Waals surface area contributed by atoms with Gasteiger partial charge in [-0.1, -0.05) is 23.7 Å². The molecule has 1 amide bonds. The van der Waals surface area contributed by atoms with Gasteiger partial charge in [0.05, 0.1) is 16.3 Å². The fraction of sp³-hybridized carbons (Fsp3) is 0.350. The van der Waals surface area contributed by atoms with Crippen molar-refractivity contribution in [2.45, 2.75) is 39.3 Å². The predicted octanol–water partition coefficient (Wildman–Crippen LogP) is 4.20. The number of aryl methyl sites for hydroxylation is 2. The number of aromatic nitrogens is 2. The molecule has 27 heavy (non-hydrogen) atoms. The summed E-state index contributed by atoms with van der Waals surface area (Å²) in [4.78, 5) is 33.6. The molecule has 3 aromatic rings. The molecule has 0 spiro atoms. The number of amides is 1. The molecule has 1 aliphatic rings. The predicted molar refractivity (Wildman–Crippen MR) is 109 cm³/mol. The maximum Gasteiger partial charge on any atom is 0.264 e. The zero-order chi connectivity index (χ0) is 19.3. The first-order valence-electron chi connectivity index (χ1n) is 8.94. The molecule has 5 nitrogen and oxygen atoms in total. The second kappa shape index (κ2) is 6.77. The molecule has 2 aromatic heterocycles. The van der Waals surface area contributed by atoms with Crippen molar-refractivity contribution in [2.24, 2.45) is 0 Å². The van der Waals surface area contributed by atoms with Gasteiger partial charge in [0, 0.05) is 25.0 Å². The SMILES string of the molecule is Cc1c(C(=O)N(C)C(C)c2ccc(Cl)cc2)sc2nc3n(c(=O)c12)CCC3. The van der Waals surface area contributed by atoms with Gasteiger partial charge in [-0.2, -0.15) is 0 Å². The Morgan fingerprint density at radius 3 is 2.74 bits per heavy atom. The molecule has 1 aromatic carbocycles. The summed E-state index contributed by atoms with van der Waals surface area (Å²) in [5, 5.41) is 1.25. The third kappa shape index (κ3) is 2.97. The second-order valence-corrected chi connectivity index (χ2v) is 8.40. The van der Waals surface area contributed by atoms with E-state index in [9.17, 15) is 9.59 Å². The van der Waals surface area contributed by atoms with E-state index in [4.69, 9.17) is 11.6 Å². The summed E-state index contributed by atoms with van der Waals surface area (Å²) >= 11 is 7.28. The Balaban J connectivity index is 1.72. The van der Waals surface area contributed by atoms with Gasteiger partial charge < -0.3 is 4.90 Å². The molecule has 0 saturated carbocycles. The molecule has 0 radical (unpaired) electrons. The highest BCUT2D eigenvalue weighted by molar-refractivity contribution is 7.20. The van der Waals surface area contributed by atoms with E-state index in [0.29, 0.717) is 26.7 Å². The number of hydrogen-bond donors (Lipinski definition) is 0. The minimum atomic E-state index is -0.113. The molecule has 1 atom stereocenters. The Labute approximate surface area is 166 Å². The van der Waals surface area contributed by atoms with Crippen LogP contribution in [0.3, 0.4) is 0 Å². The number of thiophene rings is 1. The number of halogens is 1. The van der Waals surface area contributed by atoms with E-state index in [1.165, 1.54) is 11.3 Å². The van der Waals surface area contributed by atoms with Crippen molar-refractivity contribution in [3.8, 4) is 0 Å². The molecule has 0 aliphatic carbocycles. The van der Waals surface area contributed by atoms with Crippen molar-refractivity contribution in [1.82, 2.24) is 14.5 Å². The standard InChI is InChI=1S/C20H20ClN3O2S/c1-11-16-18(22-15-5-4-10-24(15)19(16)25)27-17(11)20(26)23(3)12(2)13-6-8-14(21)9-7-13/h6-9,12H,4-5,10H2,1-3H3. The van der Waals surface area contributed by atoms with Crippen molar-refractivity contribution >= 4 is 39.1 Å². The molecule has 0 saturated heterocycles. The third-order valence-electron chi connectivity index (χ3n) is 5.36. The maximum absolute atomic E-state index is 13.2. The van der Waals surface area contributed by atoms with Gasteiger partial charge in [-0.3, -0.25) is 14.2 Å². The van der Waals surface area contributed by atoms with Gasteiger partial charge in [0.1, 0.15) is 10.7 Å². The van der Waals surface area contributed by atoms with Gasteiger partial charge in [0.15, 0.2) is 0 Å². The summed E-state index contributed by atoms with van der Waals surface area (Å²) in [7, 11) is 1.78. The normalized spacial score (nSPS) is 14.4.